The summed E-state index contributed by atoms with van der Waals surface area (Å²) in [5.41, 5.74) is 1.08. The second-order valence-corrected chi connectivity index (χ2v) is 3.98. The van der Waals surface area contributed by atoms with Crippen LogP contribution in [0.1, 0.15) is 12.5 Å². The zero-order valence-electron chi connectivity index (χ0n) is 8.75. The van der Waals surface area contributed by atoms with Crippen LogP contribution < -0.4 is 0 Å². The smallest absolute Gasteiger partial charge is 0.298 e. The first kappa shape index (κ1) is 11.8. The molecule has 0 aliphatic carbocycles. The van der Waals surface area contributed by atoms with Gasteiger partial charge < -0.3 is 4.90 Å². The van der Waals surface area contributed by atoms with E-state index in [-0.39, 0.29) is 5.91 Å². The van der Waals surface area contributed by atoms with Gasteiger partial charge in [-0.1, -0.05) is 40.0 Å². The molecule has 15 heavy (non-hydrogen) atoms. The molecule has 78 valence electrons. The molecule has 1 aromatic rings. The number of halogens is 1. The van der Waals surface area contributed by atoms with Gasteiger partial charge in [-0.3, -0.25) is 4.79 Å². The minimum absolute atomic E-state index is 0.159. The van der Waals surface area contributed by atoms with Crippen molar-refractivity contribution in [2.45, 2.75) is 13.5 Å². The summed E-state index contributed by atoms with van der Waals surface area (Å²) >= 11 is 3.44. The molecule has 0 radical (unpaired) electrons. The van der Waals surface area contributed by atoms with Gasteiger partial charge in [0.15, 0.2) is 0 Å². The summed E-state index contributed by atoms with van der Waals surface area (Å²) in [4.78, 5) is 13.0. The molecule has 0 aliphatic rings. The molecule has 3 heteroatoms. The van der Waals surface area contributed by atoms with Crippen molar-refractivity contribution in [1.82, 2.24) is 4.90 Å². The molecule has 0 aromatic heterocycles. The van der Waals surface area contributed by atoms with Crippen LogP contribution in [0, 0.1) is 11.8 Å². The maximum absolute atomic E-state index is 11.4. The summed E-state index contributed by atoms with van der Waals surface area (Å²) in [6.45, 7) is 2.22. The third kappa shape index (κ3) is 3.41. The predicted octanol–water partition coefficient (Wildman–Crippen LogP) is 2.43. The number of rotatable bonds is 2. The van der Waals surface area contributed by atoms with Crippen LogP contribution >= 0.6 is 15.9 Å². The van der Waals surface area contributed by atoms with E-state index in [0.717, 1.165) is 10.0 Å². The average molecular weight is 266 g/mol. The highest BCUT2D eigenvalue weighted by atomic mass is 79.9. The molecule has 1 aromatic carbocycles. The van der Waals surface area contributed by atoms with Gasteiger partial charge in [0.1, 0.15) is 0 Å². The van der Waals surface area contributed by atoms with E-state index < -0.39 is 0 Å². The molecule has 1 rings (SSSR count). The van der Waals surface area contributed by atoms with Crippen molar-refractivity contribution in [2.75, 3.05) is 7.05 Å². The molecule has 0 atom stereocenters. The van der Waals surface area contributed by atoms with Crippen molar-refractivity contribution < 1.29 is 4.79 Å². The van der Waals surface area contributed by atoms with Crippen molar-refractivity contribution >= 4 is 21.8 Å². The van der Waals surface area contributed by atoms with Crippen molar-refractivity contribution in [3.8, 4) is 11.8 Å². The zero-order chi connectivity index (χ0) is 11.3. The van der Waals surface area contributed by atoms with E-state index in [1.807, 2.05) is 24.3 Å². The van der Waals surface area contributed by atoms with E-state index in [1.54, 1.807) is 18.9 Å². The number of carbonyl (C=O) groups excluding carboxylic acids is 1. The summed E-state index contributed by atoms with van der Waals surface area (Å²) in [7, 11) is 1.74. The maximum atomic E-state index is 11.4. The minimum Gasteiger partial charge on any atom is -0.331 e. The minimum atomic E-state index is -0.159. The Labute approximate surface area is 98.4 Å². The van der Waals surface area contributed by atoms with Gasteiger partial charge in [-0.2, -0.15) is 0 Å². The number of amides is 1. The fourth-order valence-electron chi connectivity index (χ4n) is 1.16. The van der Waals surface area contributed by atoms with Gasteiger partial charge in [0.05, 0.1) is 0 Å². The average Bonchev–Trinajstić information content (AvgIpc) is 2.21. The molecule has 0 fully saturated rings. The molecular weight excluding hydrogens is 254 g/mol. The van der Waals surface area contributed by atoms with Gasteiger partial charge >= 0.3 is 0 Å². The maximum Gasteiger partial charge on any atom is 0.298 e. The summed E-state index contributed by atoms with van der Waals surface area (Å²) in [6, 6.07) is 7.83. The largest absolute Gasteiger partial charge is 0.331 e. The number of nitrogens with zero attached hydrogens (tertiary/aromatic N) is 1. The molecule has 0 heterocycles. The van der Waals surface area contributed by atoms with E-state index in [9.17, 15) is 4.79 Å². The van der Waals surface area contributed by atoms with Crippen LogP contribution in [0.5, 0.6) is 0 Å². The topological polar surface area (TPSA) is 20.3 Å². The van der Waals surface area contributed by atoms with Crippen LogP contribution in [-0.2, 0) is 11.3 Å². The fourth-order valence-corrected chi connectivity index (χ4v) is 1.57. The SMILES string of the molecule is CC#CC(=O)N(C)Cc1ccccc1Br. The third-order valence-corrected chi connectivity index (χ3v) is 2.72. The first-order valence-electron chi connectivity index (χ1n) is 4.56. The lowest BCUT2D eigenvalue weighted by Gasteiger charge is -2.14. The van der Waals surface area contributed by atoms with Crippen molar-refractivity contribution in [2.24, 2.45) is 0 Å². The van der Waals surface area contributed by atoms with Gasteiger partial charge in [0, 0.05) is 18.1 Å². The molecule has 0 unspecified atom stereocenters. The Balaban J connectivity index is 2.73. The Bertz CT molecular complexity index is 417. The molecular formula is C12H12BrNO. The van der Waals surface area contributed by atoms with Gasteiger partial charge in [-0.25, -0.2) is 0 Å². The quantitative estimate of drug-likeness (QED) is 0.753. The number of hydrogen-bond acceptors (Lipinski definition) is 1. The van der Waals surface area contributed by atoms with E-state index in [1.165, 1.54) is 0 Å². The van der Waals surface area contributed by atoms with Crippen molar-refractivity contribution in [3.63, 3.8) is 0 Å². The Morgan fingerprint density at radius 3 is 2.73 bits per heavy atom. The lowest BCUT2D eigenvalue weighted by Crippen LogP contribution is -2.24. The summed E-state index contributed by atoms with van der Waals surface area (Å²) in [5.74, 6) is 4.94. The van der Waals surface area contributed by atoms with Crippen LogP contribution in [0.15, 0.2) is 28.7 Å². The van der Waals surface area contributed by atoms with Gasteiger partial charge in [-0.05, 0) is 24.5 Å². The predicted molar refractivity (Wildman–Crippen MR) is 64.1 cm³/mol. The van der Waals surface area contributed by atoms with Gasteiger partial charge in [0.2, 0.25) is 0 Å². The summed E-state index contributed by atoms with van der Waals surface area (Å²) in [5, 5.41) is 0. The normalized spacial score (nSPS) is 9.00. The highest BCUT2D eigenvalue weighted by Gasteiger charge is 2.07. The Kier molecular flexibility index (Phi) is 4.38. The molecule has 0 bridgehead atoms. The standard InChI is InChI=1S/C12H12BrNO/c1-3-6-12(15)14(2)9-10-7-4-5-8-11(10)13/h4-5,7-8H,9H2,1-2H3. The lowest BCUT2D eigenvalue weighted by molar-refractivity contribution is -0.124. The van der Waals surface area contributed by atoms with Crippen LogP contribution in [0.25, 0.3) is 0 Å². The third-order valence-electron chi connectivity index (χ3n) is 1.94. The number of carbonyl (C=O) groups is 1. The first-order chi connectivity index (χ1) is 7.15. The molecule has 2 nitrogen and oxygen atoms in total. The van der Waals surface area contributed by atoms with E-state index in [2.05, 4.69) is 27.8 Å². The monoisotopic (exact) mass is 265 g/mol. The van der Waals surface area contributed by atoms with Crippen LogP contribution in [0.4, 0.5) is 0 Å². The van der Waals surface area contributed by atoms with Crippen molar-refractivity contribution in [3.05, 3.63) is 34.3 Å². The molecule has 1 amide bonds. The second-order valence-electron chi connectivity index (χ2n) is 3.13. The number of hydrogen-bond donors (Lipinski definition) is 0. The number of benzene rings is 1. The van der Waals surface area contributed by atoms with Gasteiger partial charge in [-0.15, -0.1) is 0 Å². The molecule has 0 saturated heterocycles. The first-order valence-corrected chi connectivity index (χ1v) is 5.35. The molecule has 0 saturated carbocycles. The summed E-state index contributed by atoms with van der Waals surface area (Å²) in [6.07, 6.45) is 0. The van der Waals surface area contributed by atoms with E-state index in [4.69, 9.17) is 0 Å². The van der Waals surface area contributed by atoms with Crippen molar-refractivity contribution in [1.29, 1.82) is 0 Å². The molecule has 0 N–H and O–H groups in total. The van der Waals surface area contributed by atoms with Crippen LogP contribution in [0.3, 0.4) is 0 Å². The summed E-state index contributed by atoms with van der Waals surface area (Å²) < 4.78 is 1.01. The van der Waals surface area contributed by atoms with E-state index in [0.29, 0.717) is 6.54 Å². The lowest BCUT2D eigenvalue weighted by atomic mass is 10.2. The Hall–Kier alpha value is -1.27. The van der Waals surface area contributed by atoms with Crippen LogP contribution in [-0.4, -0.2) is 17.9 Å². The molecule has 0 aliphatic heterocycles. The fraction of sp³-hybridized carbons (Fsp3) is 0.250. The van der Waals surface area contributed by atoms with Gasteiger partial charge in [0.25, 0.3) is 5.91 Å². The highest BCUT2D eigenvalue weighted by Crippen LogP contribution is 2.17. The second kappa shape index (κ2) is 5.57. The highest BCUT2D eigenvalue weighted by molar-refractivity contribution is 9.10. The Morgan fingerprint density at radius 2 is 2.13 bits per heavy atom. The Morgan fingerprint density at radius 1 is 1.47 bits per heavy atom. The zero-order valence-corrected chi connectivity index (χ0v) is 10.3. The van der Waals surface area contributed by atoms with E-state index >= 15 is 0 Å². The van der Waals surface area contributed by atoms with Crippen LogP contribution in [0.2, 0.25) is 0 Å². The molecule has 0 spiro atoms.